The molecule has 1 rings (SSSR count). The summed E-state index contributed by atoms with van der Waals surface area (Å²) >= 11 is 0. The molecule has 0 aromatic carbocycles. The van der Waals surface area contributed by atoms with E-state index in [2.05, 4.69) is 18.7 Å². The lowest BCUT2D eigenvalue weighted by Gasteiger charge is -2.20. The molecule has 1 aliphatic heterocycles. The molecule has 0 radical (unpaired) electrons. The second-order valence-electron chi connectivity index (χ2n) is 4.64. The van der Waals surface area contributed by atoms with Gasteiger partial charge in [0.05, 0.1) is 0 Å². The second-order valence-corrected chi connectivity index (χ2v) is 4.64. The fraction of sp³-hybridized carbons (Fsp3) is 1.00. The first-order valence-electron chi connectivity index (χ1n) is 5.66. The summed E-state index contributed by atoms with van der Waals surface area (Å²) in [7, 11) is 0. The Morgan fingerprint density at radius 3 is 2.85 bits per heavy atom. The minimum Gasteiger partial charge on any atom is -0.328 e. The zero-order valence-electron chi connectivity index (χ0n) is 9.13. The van der Waals surface area contributed by atoms with E-state index in [0.717, 1.165) is 12.3 Å². The predicted octanol–water partition coefficient (Wildman–Crippen LogP) is 1.85. The Hall–Kier alpha value is -0.0800. The fourth-order valence-electron chi connectivity index (χ4n) is 1.93. The summed E-state index contributed by atoms with van der Waals surface area (Å²) in [5.41, 5.74) is 5.75. The fourth-order valence-corrected chi connectivity index (χ4v) is 1.93. The van der Waals surface area contributed by atoms with Gasteiger partial charge in [-0.1, -0.05) is 6.92 Å². The third-order valence-electron chi connectivity index (χ3n) is 3.01. The Labute approximate surface area is 82.5 Å². The van der Waals surface area contributed by atoms with Crippen LogP contribution in [0.3, 0.4) is 0 Å². The van der Waals surface area contributed by atoms with Crippen LogP contribution in [0.25, 0.3) is 0 Å². The molecule has 0 aromatic rings. The topological polar surface area (TPSA) is 29.3 Å². The van der Waals surface area contributed by atoms with Crippen LogP contribution < -0.4 is 5.73 Å². The molecule has 0 aliphatic carbocycles. The van der Waals surface area contributed by atoms with Crippen molar-refractivity contribution in [2.75, 3.05) is 19.6 Å². The molecule has 1 heterocycles. The monoisotopic (exact) mass is 184 g/mol. The molecule has 0 aromatic heterocycles. The van der Waals surface area contributed by atoms with Crippen LogP contribution in [-0.4, -0.2) is 30.6 Å². The van der Waals surface area contributed by atoms with E-state index in [0.29, 0.717) is 6.04 Å². The number of rotatable bonds is 3. The van der Waals surface area contributed by atoms with E-state index in [4.69, 9.17) is 5.73 Å². The predicted molar refractivity (Wildman–Crippen MR) is 57.7 cm³/mol. The van der Waals surface area contributed by atoms with Crippen LogP contribution in [0.4, 0.5) is 0 Å². The van der Waals surface area contributed by atoms with Gasteiger partial charge in [0.25, 0.3) is 0 Å². The number of hydrogen-bond acceptors (Lipinski definition) is 2. The van der Waals surface area contributed by atoms with Crippen LogP contribution in [0.15, 0.2) is 0 Å². The lowest BCUT2D eigenvalue weighted by atomic mass is 10.0. The average molecular weight is 184 g/mol. The van der Waals surface area contributed by atoms with E-state index < -0.39 is 0 Å². The Kier molecular flexibility index (Phi) is 4.74. The van der Waals surface area contributed by atoms with Crippen molar-refractivity contribution in [2.24, 2.45) is 11.7 Å². The molecular weight excluding hydrogens is 160 g/mol. The van der Waals surface area contributed by atoms with E-state index in [1.807, 2.05) is 0 Å². The van der Waals surface area contributed by atoms with E-state index >= 15 is 0 Å². The lowest BCUT2D eigenvalue weighted by molar-refractivity contribution is 0.272. The molecular formula is C11H24N2. The summed E-state index contributed by atoms with van der Waals surface area (Å²) in [5.74, 6) is 0.931. The van der Waals surface area contributed by atoms with Crippen LogP contribution in [0.5, 0.6) is 0 Å². The van der Waals surface area contributed by atoms with Crippen molar-refractivity contribution in [3.8, 4) is 0 Å². The minimum atomic E-state index is 0.362. The van der Waals surface area contributed by atoms with Crippen LogP contribution in [0, 0.1) is 5.92 Å². The van der Waals surface area contributed by atoms with Crippen LogP contribution in [0.1, 0.15) is 39.5 Å². The van der Waals surface area contributed by atoms with Crippen molar-refractivity contribution in [2.45, 2.75) is 45.6 Å². The van der Waals surface area contributed by atoms with Gasteiger partial charge in [-0.25, -0.2) is 0 Å². The molecule has 1 aliphatic rings. The quantitative estimate of drug-likeness (QED) is 0.725. The van der Waals surface area contributed by atoms with Crippen molar-refractivity contribution in [1.29, 1.82) is 0 Å². The van der Waals surface area contributed by atoms with Crippen LogP contribution in [0.2, 0.25) is 0 Å². The van der Waals surface area contributed by atoms with Gasteiger partial charge in [-0.15, -0.1) is 0 Å². The average Bonchev–Trinajstić information content (AvgIpc) is 2.27. The summed E-state index contributed by atoms with van der Waals surface area (Å²) in [4.78, 5) is 2.58. The number of nitrogens with zero attached hydrogens (tertiary/aromatic N) is 1. The van der Waals surface area contributed by atoms with E-state index in [9.17, 15) is 0 Å². The Morgan fingerprint density at radius 1 is 1.38 bits per heavy atom. The zero-order chi connectivity index (χ0) is 9.68. The summed E-state index contributed by atoms with van der Waals surface area (Å²) in [5, 5.41) is 0. The summed E-state index contributed by atoms with van der Waals surface area (Å²) in [6, 6.07) is 0.362. The highest BCUT2D eigenvalue weighted by molar-refractivity contribution is 4.68. The van der Waals surface area contributed by atoms with Gasteiger partial charge in [-0.3, -0.25) is 0 Å². The van der Waals surface area contributed by atoms with Crippen LogP contribution >= 0.6 is 0 Å². The standard InChI is InChI=1S/C11H24N2/c1-10-4-3-7-13(8-5-10)9-6-11(2)12/h10-11H,3-9,12H2,1-2H3. The third kappa shape index (κ3) is 4.63. The molecule has 0 saturated carbocycles. The van der Waals surface area contributed by atoms with Gasteiger partial charge in [0.2, 0.25) is 0 Å². The highest BCUT2D eigenvalue weighted by Crippen LogP contribution is 2.16. The first kappa shape index (κ1) is 11.0. The number of nitrogens with two attached hydrogens (primary N) is 1. The summed E-state index contributed by atoms with van der Waals surface area (Å²) in [6.07, 6.45) is 5.31. The minimum absolute atomic E-state index is 0.362. The van der Waals surface area contributed by atoms with Gasteiger partial charge < -0.3 is 10.6 Å². The lowest BCUT2D eigenvalue weighted by Crippen LogP contribution is -2.30. The largest absolute Gasteiger partial charge is 0.328 e. The highest BCUT2D eigenvalue weighted by Gasteiger charge is 2.13. The molecule has 0 bridgehead atoms. The van der Waals surface area contributed by atoms with E-state index in [1.54, 1.807) is 0 Å². The van der Waals surface area contributed by atoms with Gasteiger partial charge in [0, 0.05) is 6.04 Å². The van der Waals surface area contributed by atoms with Crippen molar-refractivity contribution in [3.63, 3.8) is 0 Å². The van der Waals surface area contributed by atoms with Crippen molar-refractivity contribution < 1.29 is 0 Å². The normalized spacial score (nSPS) is 28.4. The Morgan fingerprint density at radius 2 is 2.15 bits per heavy atom. The Balaban J connectivity index is 2.18. The molecule has 13 heavy (non-hydrogen) atoms. The molecule has 0 amide bonds. The molecule has 2 unspecified atom stereocenters. The molecule has 1 saturated heterocycles. The molecule has 1 fully saturated rings. The molecule has 0 spiro atoms. The van der Waals surface area contributed by atoms with Crippen molar-refractivity contribution >= 4 is 0 Å². The molecule has 2 N–H and O–H groups in total. The van der Waals surface area contributed by atoms with Crippen molar-refractivity contribution in [3.05, 3.63) is 0 Å². The van der Waals surface area contributed by atoms with Gasteiger partial charge >= 0.3 is 0 Å². The second kappa shape index (κ2) is 5.61. The first-order chi connectivity index (χ1) is 6.18. The van der Waals surface area contributed by atoms with E-state index in [-0.39, 0.29) is 0 Å². The Bertz CT molecular complexity index is 134. The maximum Gasteiger partial charge on any atom is 0.00226 e. The summed E-state index contributed by atoms with van der Waals surface area (Å²) in [6.45, 7) is 8.24. The van der Waals surface area contributed by atoms with Gasteiger partial charge in [0.1, 0.15) is 0 Å². The molecule has 2 atom stereocenters. The molecule has 2 nitrogen and oxygen atoms in total. The van der Waals surface area contributed by atoms with Gasteiger partial charge in [-0.05, 0) is 58.2 Å². The SMILES string of the molecule is CC(N)CCN1CCCC(C)CC1. The highest BCUT2D eigenvalue weighted by atomic mass is 15.1. The number of hydrogen-bond donors (Lipinski definition) is 1. The number of likely N-dealkylation sites (tertiary alicyclic amines) is 1. The van der Waals surface area contributed by atoms with Gasteiger partial charge in [0.15, 0.2) is 0 Å². The third-order valence-corrected chi connectivity index (χ3v) is 3.01. The maximum atomic E-state index is 5.75. The summed E-state index contributed by atoms with van der Waals surface area (Å²) < 4.78 is 0. The smallest absolute Gasteiger partial charge is 0.00226 e. The van der Waals surface area contributed by atoms with Gasteiger partial charge in [-0.2, -0.15) is 0 Å². The molecule has 78 valence electrons. The molecule has 2 heteroatoms. The van der Waals surface area contributed by atoms with Crippen molar-refractivity contribution in [1.82, 2.24) is 4.90 Å². The van der Waals surface area contributed by atoms with Crippen LogP contribution in [-0.2, 0) is 0 Å². The zero-order valence-corrected chi connectivity index (χ0v) is 9.13. The first-order valence-corrected chi connectivity index (χ1v) is 5.66. The van der Waals surface area contributed by atoms with E-state index in [1.165, 1.54) is 38.9 Å². The maximum absolute atomic E-state index is 5.75.